The number of benzene rings is 1. The Morgan fingerprint density at radius 3 is 2.79 bits per heavy atom. The molecular weight excluding hydrogens is 200 g/mol. The zero-order chi connectivity index (χ0) is 10.6. The van der Waals surface area contributed by atoms with Crippen molar-refractivity contribution in [2.75, 3.05) is 0 Å². The van der Waals surface area contributed by atoms with Crippen LogP contribution in [0.3, 0.4) is 0 Å². The third-order valence-corrected chi connectivity index (χ3v) is 2.47. The van der Waals surface area contributed by atoms with Crippen LogP contribution in [0.5, 0.6) is 5.75 Å². The first-order valence-electron chi connectivity index (χ1n) is 4.65. The molecule has 3 heteroatoms. The summed E-state index contributed by atoms with van der Waals surface area (Å²) in [5.41, 5.74) is 1.15. The fraction of sp³-hybridized carbons (Fsp3) is 0.364. The molecule has 2 nitrogen and oxygen atoms in total. The van der Waals surface area contributed by atoms with Gasteiger partial charge in [-0.05, 0) is 30.5 Å². The van der Waals surface area contributed by atoms with Gasteiger partial charge in [-0.1, -0.05) is 24.9 Å². The molecular formula is C11H13ClO2. The summed E-state index contributed by atoms with van der Waals surface area (Å²) < 4.78 is 0. The summed E-state index contributed by atoms with van der Waals surface area (Å²) in [6.45, 7) is 2.09. The van der Waals surface area contributed by atoms with Crippen LogP contribution in [0.25, 0.3) is 0 Å². The third-order valence-electron chi connectivity index (χ3n) is 2.12. The second kappa shape index (κ2) is 5.01. The smallest absolute Gasteiger partial charge is 0.153 e. The lowest BCUT2D eigenvalue weighted by Gasteiger charge is -2.05. The summed E-state index contributed by atoms with van der Waals surface area (Å²) in [7, 11) is 0. The lowest BCUT2D eigenvalue weighted by atomic mass is 10.1. The highest BCUT2D eigenvalue weighted by Crippen LogP contribution is 2.26. The van der Waals surface area contributed by atoms with Crippen LogP contribution in [0, 0.1) is 0 Å². The van der Waals surface area contributed by atoms with Gasteiger partial charge >= 0.3 is 0 Å². The van der Waals surface area contributed by atoms with Gasteiger partial charge in [0.1, 0.15) is 5.75 Å². The molecule has 1 aromatic rings. The topological polar surface area (TPSA) is 37.3 Å². The van der Waals surface area contributed by atoms with Crippen LogP contribution in [0.1, 0.15) is 35.7 Å². The molecule has 0 saturated carbocycles. The van der Waals surface area contributed by atoms with Crippen molar-refractivity contribution in [3.63, 3.8) is 0 Å². The average molecular weight is 213 g/mol. The summed E-state index contributed by atoms with van der Waals surface area (Å²) in [4.78, 5) is 10.5. The number of hydrogen-bond donors (Lipinski definition) is 1. The maximum atomic E-state index is 10.5. The number of aromatic hydroxyl groups is 1. The molecule has 0 unspecified atom stereocenters. The standard InChI is InChI=1S/C11H13ClO2/c1-2-3-4-8-6-11(14)9(7-13)5-10(8)12/h5-7,14H,2-4H2,1H3. The number of halogens is 1. The van der Waals surface area contributed by atoms with Gasteiger partial charge in [-0.25, -0.2) is 0 Å². The zero-order valence-electron chi connectivity index (χ0n) is 8.09. The normalized spacial score (nSPS) is 10.1. The van der Waals surface area contributed by atoms with E-state index in [1.807, 2.05) is 0 Å². The van der Waals surface area contributed by atoms with Crippen LogP contribution < -0.4 is 0 Å². The Balaban J connectivity index is 2.96. The molecule has 1 N–H and O–H groups in total. The second-order valence-corrected chi connectivity index (χ2v) is 3.63. The lowest BCUT2D eigenvalue weighted by molar-refractivity contribution is 0.112. The van der Waals surface area contributed by atoms with Crippen molar-refractivity contribution in [3.8, 4) is 5.75 Å². The molecule has 0 heterocycles. The molecule has 0 aliphatic rings. The molecule has 0 radical (unpaired) electrons. The molecule has 1 aromatic carbocycles. The number of aryl methyl sites for hydroxylation is 1. The van der Waals surface area contributed by atoms with Gasteiger partial charge in [0.15, 0.2) is 6.29 Å². The highest BCUT2D eigenvalue weighted by Gasteiger charge is 2.06. The van der Waals surface area contributed by atoms with Gasteiger partial charge in [0.2, 0.25) is 0 Å². The van der Waals surface area contributed by atoms with E-state index in [9.17, 15) is 9.90 Å². The minimum atomic E-state index is 0.00973. The van der Waals surface area contributed by atoms with Gasteiger partial charge in [0.05, 0.1) is 5.56 Å². The van der Waals surface area contributed by atoms with Crippen molar-refractivity contribution in [2.45, 2.75) is 26.2 Å². The van der Waals surface area contributed by atoms with Crippen LogP contribution in [0.4, 0.5) is 0 Å². The number of phenolic OH excluding ortho intramolecular Hbond substituents is 1. The van der Waals surface area contributed by atoms with Crippen molar-refractivity contribution >= 4 is 17.9 Å². The number of unbranched alkanes of at least 4 members (excludes halogenated alkanes) is 1. The van der Waals surface area contributed by atoms with Crippen molar-refractivity contribution < 1.29 is 9.90 Å². The van der Waals surface area contributed by atoms with Crippen molar-refractivity contribution in [2.24, 2.45) is 0 Å². The molecule has 0 aromatic heterocycles. The van der Waals surface area contributed by atoms with E-state index in [-0.39, 0.29) is 11.3 Å². The van der Waals surface area contributed by atoms with Gasteiger partial charge in [-0.2, -0.15) is 0 Å². The van der Waals surface area contributed by atoms with Crippen LogP contribution in [-0.4, -0.2) is 11.4 Å². The molecule has 14 heavy (non-hydrogen) atoms. The molecule has 0 aliphatic heterocycles. The van der Waals surface area contributed by atoms with E-state index in [0.717, 1.165) is 24.8 Å². The van der Waals surface area contributed by atoms with Crippen molar-refractivity contribution in [1.29, 1.82) is 0 Å². The zero-order valence-corrected chi connectivity index (χ0v) is 8.84. The first-order chi connectivity index (χ1) is 6.69. The van der Waals surface area contributed by atoms with E-state index in [4.69, 9.17) is 11.6 Å². The summed E-state index contributed by atoms with van der Waals surface area (Å²) in [5, 5.41) is 9.98. The number of hydrogen-bond acceptors (Lipinski definition) is 2. The van der Waals surface area contributed by atoms with Crippen LogP contribution in [0.15, 0.2) is 12.1 Å². The highest BCUT2D eigenvalue weighted by atomic mass is 35.5. The fourth-order valence-electron chi connectivity index (χ4n) is 1.27. The van der Waals surface area contributed by atoms with Crippen LogP contribution >= 0.6 is 11.6 Å². The van der Waals surface area contributed by atoms with Crippen LogP contribution in [-0.2, 0) is 6.42 Å². The molecule has 0 fully saturated rings. The molecule has 0 amide bonds. The Hall–Kier alpha value is -1.02. The predicted molar refractivity (Wildman–Crippen MR) is 57.1 cm³/mol. The number of rotatable bonds is 4. The van der Waals surface area contributed by atoms with E-state index < -0.39 is 0 Å². The van der Waals surface area contributed by atoms with E-state index in [0.29, 0.717) is 11.3 Å². The Labute approximate surface area is 88.5 Å². The minimum absolute atomic E-state index is 0.00973. The maximum Gasteiger partial charge on any atom is 0.153 e. The Kier molecular flexibility index (Phi) is 3.96. The quantitative estimate of drug-likeness (QED) is 0.779. The molecule has 0 aliphatic carbocycles. The summed E-state index contributed by atoms with van der Waals surface area (Å²) >= 11 is 5.95. The average Bonchev–Trinajstić information content (AvgIpc) is 2.18. The predicted octanol–water partition coefficient (Wildman–Crippen LogP) is 3.20. The first-order valence-corrected chi connectivity index (χ1v) is 5.03. The molecule has 76 valence electrons. The van der Waals surface area contributed by atoms with Gasteiger partial charge in [-0.3, -0.25) is 4.79 Å². The third kappa shape index (κ3) is 2.48. The minimum Gasteiger partial charge on any atom is -0.507 e. The van der Waals surface area contributed by atoms with Gasteiger partial charge in [0.25, 0.3) is 0 Å². The van der Waals surface area contributed by atoms with E-state index in [2.05, 4.69) is 6.92 Å². The Bertz CT molecular complexity index is 334. The maximum absolute atomic E-state index is 10.5. The van der Waals surface area contributed by atoms with Crippen LogP contribution in [0.2, 0.25) is 5.02 Å². The van der Waals surface area contributed by atoms with Gasteiger partial charge < -0.3 is 5.11 Å². The van der Waals surface area contributed by atoms with E-state index >= 15 is 0 Å². The van der Waals surface area contributed by atoms with E-state index in [1.54, 1.807) is 6.07 Å². The lowest BCUT2D eigenvalue weighted by Crippen LogP contribution is -1.90. The largest absolute Gasteiger partial charge is 0.507 e. The molecule has 0 atom stereocenters. The summed E-state index contributed by atoms with van der Waals surface area (Å²) in [6.07, 6.45) is 3.54. The first kappa shape index (κ1) is 11.1. The number of carbonyl (C=O) groups excluding carboxylic acids is 1. The van der Waals surface area contributed by atoms with Crippen molar-refractivity contribution in [1.82, 2.24) is 0 Å². The monoisotopic (exact) mass is 212 g/mol. The molecule has 0 spiro atoms. The molecule has 1 rings (SSSR count). The second-order valence-electron chi connectivity index (χ2n) is 3.22. The number of phenols is 1. The van der Waals surface area contributed by atoms with Gasteiger partial charge in [0, 0.05) is 5.02 Å². The van der Waals surface area contributed by atoms with E-state index in [1.165, 1.54) is 6.07 Å². The van der Waals surface area contributed by atoms with Crippen molar-refractivity contribution in [3.05, 3.63) is 28.3 Å². The number of carbonyl (C=O) groups is 1. The molecule has 0 bridgehead atoms. The fourth-order valence-corrected chi connectivity index (χ4v) is 1.54. The highest BCUT2D eigenvalue weighted by molar-refractivity contribution is 6.31. The Morgan fingerprint density at radius 1 is 1.50 bits per heavy atom. The molecule has 0 saturated heterocycles. The Morgan fingerprint density at radius 2 is 2.21 bits per heavy atom. The van der Waals surface area contributed by atoms with Gasteiger partial charge in [-0.15, -0.1) is 0 Å². The summed E-state index contributed by atoms with van der Waals surface area (Å²) in [5.74, 6) is 0.00973. The SMILES string of the molecule is CCCCc1cc(O)c(C=O)cc1Cl. The number of aldehydes is 1. The summed E-state index contributed by atoms with van der Waals surface area (Å²) in [6, 6.07) is 3.08.